The number of carboxylic acid groups (broad SMARTS) is 1. The second-order valence-electron chi connectivity index (χ2n) is 11.0. The van der Waals surface area contributed by atoms with Crippen molar-refractivity contribution in [1.82, 2.24) is 0 Å². The Balaban J connectivity index is 1.76. The Bertz CT molecular complexity index is 1480. The van der Waals surface area contributed by atoms with Gasteiger partial charge in [0.25, 0.3) is 0 Å². The third-order valence-corrected chi connectivity index (χ3v) is 8.88. The van der Waals surface area contributed by atoms with Crippen molar-refractivity contribution < 1.29 is 111 Å². The molecule has 9 N–H and O–H groups in total. The fraction of sp³-hybridized carbons (Fsp3) is 0.864. The van der Waals surface area contributed by atoms with Gasteiger partial charge in [-0.1, -0.05) is 0 Å². The van der Waals surface area contributed by atoms with E-state index in [9.17, 15) is 60.1 Å². The molecule has 0 spiro atoms. The fourth-order valence-electron chi connectivity index (χ4n) is 5.24. The molecule has 3 heterocycles. The lowest BCUT2D eigenvalue weighted by molar-refractivity contribution is -0.272. The van der Waals surface area contributed by atoms with Gasteiger partial charge in [-0.15, -0.1) is 0 Å². The topological polar surface area (TPSA) is 375 Å². The summed E-state index contributed by atoms with van der Waals surface area (Å²) in [5, 5.41) is 61.5. The molecular formula is C22H36O24S3. The van der Waals surface area contributed by atoms with Gasteiger partial charge >= 0.3 is 37.2 Å². The molecule has 3 rings (SSSR count). The van der Waals surface area contributed by atoms with Crippen LogP contribution in [0.4, 0.5) is 0 Å². The predicted molar refractivity (Wildman–Crippen MR) is 149 cm³/mol. The lowest BCUT2D eigenvalue weighted by Crippen LogP contribution is -2.60. The summed E-state index contributed by atoms with van der Waals surface area (Å²) in [6, 6.07) is 0. The molecular weight excluding hydrogens is 744 g/mol. The average Bonchev–Trinajstić information content (AvgIpc) is 2.95. The van der Waals surface area contributed by atoms with Gasteiger partial charge < -0.3 is 54.3 Å². The summed E-state index contributed by atoms with van der Waals surface area (Å²) in [5.41, 5.74) is 0. The molecule has 0 aromatic carbocycles. The number of aliphatic hydroxyl groups excluding tert-OH is 5. The third-order valence-electron chi connectivity index (χ3n) is 7.52. The van der Waals surface area contributed by atoms with Crippen LogP contribution in [0.5, 0.6) is 0 Å². The molecule has 24 nitrogen and oxygen atoms in total. The van der Waals surface area contributed by atoms with Crippen LogP contribution in [0.2, 0.25) is 0 Å². The number of rotatable bonds is 16. The highest BCUT2D eigenvalue weighted by atomic mass is 32.3. The lowest BCUT2D eigenvalue weighted by Gasteiger charge is -2.44. The molecule has 5 unspecified atom stereocenters. The normalized spacial score (nSPS) is 37.7. The Morgan fingerprint density at radius 1 is 0.694 bits per heavy atom. The number of aliphatic hydroxyl groups is 5. The summed E-state index contributed by atoms with van der Waals surface area (Å²) in [6.45, 7) is -2.39. The van der Waals surface area contributed by atoms with Gasteiger partial charge in [0.05, 0.1) is 45.2 Å². The molecule has 3 aliphatic heterocycles. The number of hydrogen-bond acceptors (Lipinski definition) is 20. The lowest BCUT2D eigenvalue weighted by atomic mass is 9.83. The van der Waals surface area contributed by atoms with Crippen LogP contribution in [0.1, 0.15) is 6.92 Å². The van der Waals surface area contributed by atoms with E-state index in [4.69, 9.17) is 37.9 Å². The van der Waals surface area contributed by atoms with Crippen molar-refractivity contribution in [2.75, 3.05) is 33.0 Å². The molecule has 2 saturated heterocycles. The van der Waals surface area contributed by atoms with Gasteiger partial charge in [-0.3, -0.25) is 13.7 Å². The van der Waals surface area contributed by atoms with Crippen molar-refractivity contribution in [3.63, 3.8) is 0 Å². The van der Waals surface area contributed by atoms with Crippen molar-refractivity contribution in [1.29, 1.82) is 0 Å². The molecule has 13 atom stereocenters. The highest BCUT2D eigenvalue weighted by Crippen LogP contribution is 2.33. The number of carboxylic acids is 1. The van der Waals surface area contributed by atoms with Gasteiger partial charge in [-0.2, -0.15) is 25.3 Å². The molecule has 0 aromatic rings. The molecule has 2 fully saturated rings. The zero-order valence-corrected chi connectivity index (χ0v) is 27.4. The van der Waals surface area contributed by atoms with Crippen molar-refractivity contribution in [2.45, 2.75) is 74.3 Å². The molecule has 49 heavy (non-hydrogen) atoms. The van der Waals surface area contributed by atoms with E-state index in [2.05, 4.69) is 12.5 Å². The Morgan fingerprint density at radius 3 is 1.80 bits per heavy atom. The Labute approximate surface area is 278 Å². The molecule has 0 aromatic heterocycles. The van der Waals surface area contributed by atoms with E-state index in [0.29, 0.717) is 0 Å². The van der Waals surface area contributed by atoms with Crippen molar-refractivity contribution in [3.8, 4) is 0 Å². The summed E-state index contributed by atoms with van der Waals surface area (Å²) < 4.78 is 134. The van der Waals surface area contributed by atoms with Crippen LogP contribution >= 0.6 is 0 Å². The monoisotopic (exact) mass is 780 g/mol. The van der Waals surface area contributed by atoms with E-state index in [-0.39, 0.29) is 0 Å². The largest absolute Gasteiger partial charge is 0.478 e. The quantitative estimate of drug-likeness (QED) is 0.0661. The Morgan fingerprint density at radius 2 is 1.24 bits per heavy atom. The Kier molecular flexibility index (Phi) is 14.2. The van der Waals surface area contributed by atoms with E-state index in [1.807, 2.05) is 0 Å². The van der Waals surface area contributed by atoms with E-state index in [1.165, 1.54) is 0 Å². The van der Waals surface area contributed by atoms with Crippen LogP contribution in [-0.2, 0) is 72.2 Å². The standard InChI is InChI=1S/C22H36O24S3/c1-8-19(45-48(33,34)35)18(26)20(46-49(36,37)38)15(42-8)6-39-3-9-10(22(29)44-14(16(9)24)7-41-47(30,31)32)4-40-5-13-17(25)11(23)2-12(43-13)21(27)28/h2,8-11,13-20,22-26,29H,3-7H2,1H3,(H,27,28)(H,30,31,32)(H,33,34,35)(H,36,37,38)/t8?,9-,10?,11+,13-,14?,15-,16-,17?,18-,19-,20?,22+/m0/s1. The van der Waals surface area contributed by atoms with Gasteiger partial charge in [0, 0.05) is 11.8 Å². The Hall–Kier alpha value is -1.74. The van der Waals surface area contributed by atoms with Gasteiger partial charge in [0.1, 0.15) is 42.7 Å². The summed E-state index contributed by atoms with van der Waals surface area (Å²) in [5.74, 6) is -4.84. The summed E-state index contributed by atoms with van der Waals surface area (Å²) in [6.07, 6.45) is -18.5. The first-order valence-electron chi connectivity index (χ1n) is 13.9. The van der Waals surface area contributed by atoms with Gasteiger partial charge in [0.15, 0.2) is 12.4 Å². The van der Waals surface area contributed by atoms with Crippen molar-refractivity contribution in [2.24, 2.45) is 11.8 Å². The number of hydrogen-bond donors (Lipinski definition) is 9. The van der Waals surface area contributed by atoms with E-state index >= 15 is 0 Å². The van der Waals surface area contributed by atoms with Crippen LogP contribution in [0, 0.1) is 11.8 Å². The minimum absolute atomic E-state index is 0.564. The maximum absolute atomic E-state index is 11.5. The van der Waals surface area contributed by atoms with Gasteiger partial charge in [0.2, 0.25) is 5.76 Å². The first-order chi connectivity index (χ1) is 22.5. The number of aliphatic carboxylic acids is 1. The average molecular weight is 781 g/mol. The van der Waals surface area contributed by atoms with Crippen LogP contribution in [0.25, 0.3) is 0 Å². The third kappa shape index (κ3) is 12.2. The zero-order valence-electron chi connectivity index (χ0n) is 25.0. The van der Waals surface area contributed by atoms with Crippen LogP contribution < -0.4 is 0 Å². The minimum atomic E-state index is -5.34. The smallest absolute Gasteiger partial charge is 0.397 e. The summed E-state index contributed by atoms with van der Waals surface area (Å²) in [7, 11) is -15.6. The first-order valence-corrected chi connectivity index (χ1v) is 18.0. The first kappa shape index (κ1) is 41.7. The molecule has 3 aliphatic rings. The molecule has 0 saturated carbocycles. The minimum Gasteiger partial charge on any atom is -0.478 e. The molecule has 27 heteroatoms. The van der Waals surface area contributed by atoms with Crippen LogP contribution in [-0.4, -0.2) is 176 Å². The molecule has 286 valence electrons. The highest BCUT2D eigenvalue weighted by molar-refractivity contribution is 7.81. The van der Waals surface area contributed by atoms with Gasteiger partial charge in [-0.25, -0.2) is 17.3 Å². The van der Waals surface area contributed by atoms with E-state index < -0.39 is 155 Å². The van der Waals surface area contributed by atoms with Gasteiger partial charge in [-0.05, 0) is 13.0 Å². The highest BCUT2D eigenvalue weighted by Gasteiger charge is 2.50. The molecule has 0 bridgehead atoms. The fourth-order valence-corrected chi connectivity index (χ4v) is 6.62. The van der Waals surface area contributed by atoms with Crippen LogP contribution in [0.15, 0.2) is 11.8 Å². The second-order valence-corrected chi connectivity index (χ2v) is 14.2. The van der Waals surface area contributed by atoms with Crippen molar-refractivity contribution >= 4 is 37.2 Å². The predicted octanol–water partition coefficient (Wildman–Crippen LogP) is -5.24. The number of ether oxygens (including phenoxy) is 5. The number of carbonyl (C=O) groups is 1. The van der Waals surface area contributed by atoms with Crippen LogP contribution in [0.3, 0.4) is 0 Å². The molecule has 0 aliphatic carbocycles. The van der Waals surface area contributed by atoms with E-state index in [0.717, 1.165) is 13.0 Å². The molecule has 0 radical (unpaired) electrons. The maximum atomic E-state index is 11.5. The van der Waals surface area contributed by atoms with E-state index in [1.54, 1.807) is 0 Å². The van der Waals surface area contributed by atoms with Crippen molar-refractivity contribution in [3.05, 3.63) is 11.8 Å². The zero-order chi connectivity index (χ0) is 37.1. The summed E-state index contributed by atoms with van der Waals surface area (Å²) >= 11 is 0. The SMILES string of the molecule is CC1O[C@@H](COC[C@H]2C(COC[C@@H]3OC(C(=O)O)=C[C@@H](O)C3O)[C@H](O)OC(COS(=O)(=O)O)[C@H]2O)C(OS(=O)(=O)O)[C@@H](O)[C@H]1OS(=O)(=O)O. The summed E-state index contributed by atoms with van der Waals surface area (Å²) in [4.78, 5) is 11.3. The maximum Gasteiger partial charge on any atom is 0.397 e. The molecule has 0 amide bonds. The second kappa shape index (κ2) is 16.7.